The van der Waals surface area contributed by atoms with Gasteiger partial charge in [0.1, 0.15) is 17.3 Å². The fourth-order valence-corrected chi connectivity index (χ4v) is 3.30. The van der Waals surface area contributed by atoms with E-state index in [2.05, 4.69) is 30.2 Å². The number of aromatic nitrogens is 5. The van der Waals surface area contributed by atoms with Crippen LogP contribution in [0.3, 0.4) is 0 Å². The van der Waals surface area contributed by atoms with Crippen molar-refractivity contribution >= 4 is 17.5 Å². The first-order valence-corrected chi connectivity index (χ1v) is 8.99. The molecule has 2 N–H and O–H groups in total. The van der Waals surface area contributed by atoms with Gasteiger partial charge in [0.25, 0.3) is 5.91 Å². The topological polar surface area (TPSA) is 99.7 Å². The Balaban J connectivity index is 1.43. The highest BCUT2D eigenvalue weighted by molar-refractivity contribution is 5.92. The normalized spacial score (nSPS) is 16.9. The minimum Gasteiger partial charge on any atom is -0.341 e. The highest BCUT2D eigenvalue weighted by Gasteiger charge is 2.27. The van der Waals surface area contributed by atoms with Crippen LogP contribution in [-0.2, 0) is 0 Å². The number of amides is 1. The number of nitrogens with zero attached hydrogens (tertiary/aromatic N) is 5. The number of hydrogen-bond acceptors (Lipinski definition) is 6. The van der Waals surface area contributed by atoms with E-state index in [1.807, 2.05) is 30.0 Å². The van der Waals surface area contributed by atoms with Crippen LogP contribution in [0.1, 0.15) is 40.6 Å². The SMILES string of the molecule is Cc1cccc(Nc2cnc(C3CCCN(C(=O)c4cnc[nH]4)C3)cn2)n1. The third-order valence-electron chi connectivity index (χ3n) is 4.67. The standard InChI is InChI=1S/C19H21N7O/c1-13-4-2-6-17(24-13)25-18-10-21-15(9-22-18)14-5-3-7-26(11-14)19(27)16-8-20-12-23-16/h2,4,6,8-10,12,14H,3,5,7,11H2,1H3,(H,20,23)(H,22,24,25). The quantitative estimate of drug-likeness (QED) is 0.739. The van der Waals surface area contributed by atoms with Gasteiger partial charge in [-0.1, -0.05) is 6.07 Å². The molecule has 8 heteroatoms. The third kappa shape index (κ3) is 3.94. The number of anilines is 2. The molecule has 0 saturated carbocycles. The largest absolute Gasteiger partial charge is 0.341 e. The molecule has 1 amide bonds. The highest BCUT2D eigenvalue weighted by Crippen LogP contribution is 2.26. The number of pyridine rings is 1. The van der Waals surface area contributed by atoms with Gasteiger partial charge < -0.3 is 15.2 Å². The third-order valence-corrected chi connectivity index (χ3v) is 4.67. The number of H-pyrrole nitrogens is 1. The van der Waals surface area contributed by atoms with Gasteiger partial charge in [-0.3, -0.25) is 9.78 Å². The molecule has 1 aliphatic heterocycles. The molecule has 3 aromatic heterocycles. The molecule has 4 rings (SSSR count). The van der Waals surface area contributed by atoms with E-state index in [4.69, 9.17) is 0 Å². The van der Waals surface area contributed by atoms with Gasteiger partial charge in [-0.05, 0) is 31.9 Å². The number of carbonyl (C=O) groups is 1. The molecule has 0 aromatic carbocycles. The van der Waals surface area contributed by atoms with Gasteiger partial charge in [0.15, 0.2) is 0 Å². The number of rotatable bonds is 4. The van der Waals surface area contributed by atoms with E-state index in [9.17, 15) is 4.79 Å². The number of aromatic amines is 1. The van der Waals surface area contributed by atoms with E-state index >= 15 is 0 Å². The summed E-state index contributed by atoms with van der Waals surface area (Å²) in [5.74, 6) is 1.56. The average molecular weight is 363 g/mol. The predicted octanol–water partition coefficient (Wildman–Crippen LogP) is 2.67. The van der Waals surface area contributed by atoms with Gasteiger partial charge in [0.05, 0.1) is 30.6 Å². The van der Waals surface area contributed by atoms with Crippen molar-refractivity contribution in [2.45, 2.75) is 25.7 Å². The summed E-state index contributed by atoms with van der Waals surface area (Å²) in [4.78, 5) is 34.6. The lowest BCUT2D eigenvalue weighted by molar-refractivity contribution is 0.0700. The Morgan fingerprint density at radius 1 is 1.22 bits per heavy atom. The van der Waals surface area contributed by atoms with E-state index in [1.54, 1.807) is 18.6 Å². The number of piperidine rings is 1. The van der Waals surface area contributed by atoms with E-state index in [1.165, 1.54) is 6.33 Å². The van der Waals surface area contributed by atoms with Crippen molar-refractivity contribution in [3.8, 4) is 0 Å². The Morgan fingerprint density at radius 2 is 2.15 bits per heavy atom. The summed E-state index contributed by atoms with van der Waals surface area (Å²) in [5.41, 5.74) is 2.36. The maximum Gasteiger partial charge on any atom is 0.271 e. The maximum atomic E-state index is 12.5. The van der Waals surface area contributed by atoms with E-state index in [-0.39, 0.29) is 11.8 Å². The first-order chi connectivity index (χ1) is 13.2. The lowest BCUT2D eigenvalue weighted by Crippen LogP contribution is -2.39. The van der Waals surface area contributed by atoms with Crippen molar-refractivity contribution in [3.05, 3.63) is 60.2 Å². The maximum absolute atomic E-state index is 12.5. The summed E-state index contributed by atoms with van der Waals surface area (Å²) in [7, 11) is 0. The lowest BCUT2D eigenvalue weighted by Gasteiger charge is -2.32. The fraction of sp³-hybridized carbons (Fsp3) is 0.316. The first kappa shape index (κ1) is 17.1. The molecule has 0 spiro atoms. The van der Waals surface area contributed by atoms with Crippen molar-refractivity contribution < 1.29 is 4.79 Å². The Bertz CT molecular complexity index is 908. The van der Waals surface area contributed by atoms with E-state index < -0.39 is 0 Å². The van der Waals surface area contributed by atoms with Crippen LogP contribution in [0.2, 0.25) is 0 Å². The molecule has 3 aromatic rings. The molecule has 0 aliphatic carbocycles. The Kier molecular flexibility index (Phi) is 4.78. The number of likely N-dealkylation sites (tertiary alicyclic amines) is 1. The number of carbonyl (C=O) groups excluding carboxylic acids is 1. The molecule has 4 heterocycles. The van der Waals surface area contributed by atoms with Crippen LogP contribution < -0.4 is 5.32 Å². The second-order valence-corrected chi connectivity index (χ2v) is 6.67. The number of nitrogens with one attached hydrogen (secondary N) is 2. The zero-order valence-electron chi connectivity index (χ0n) is 15.1. The van der Waals surface area contributed by atoms with Gasteiger partial charge in [-0.25, -0.2) is 15.0 Å². The monoisotopic (exact) mass is 363 g/mol. The molecule has 1 fully saturated rings. The molecule has 1 aliphatic rings. The zero-order chi connectivity index (χ0) is 18.6. The molecular formula is C19H21N7O. The smallest absolute Gasteiger partial charge is 0.271 e. The number of imidazole rings is 1. The molecule has 8 nitrogen and oxygen atoms in total. The van der Waals surface area contributed by atoms with Crippen molar-refractivity contribution in [2.75, 3.05) is 18.4 Å². The molecular weight excluding hydrogens is 342 g/mol. The first-order valence-electron chi connectivity index (χ1n) is 8.99. The van der Waals surface area contributed by atoms with Crippen LogP contribution in [0.5, 0.6) is 0 Å². The number of aryl methyl sites for hydroxylation is 1. The molecule has 1 saturated heterocycles. The van der Waals surface area contributed by atoms with Crippen molar-refractivity contribution in [3.63, 3.8) is 0 Å². The molecule has 138 valence electrons. The zero-order valence-corrected chi connectivity index (χ0v) is 15.1. The van der Waals surface area contributed by atoms with Crippen LogP contribution in [0.4, 0.5) is 11.6 Å². The van der Waals surface area contributed by atoms with Gasteiger partial charge >= 0.3 is 0 Å². The predicted molar refractivity (Wildman–Crippen MR) is 101 cm³/mol. The van der Waals surface area contributed by atoms with E-state index in [0.29, 0.717) is 18.1 Å². The molecule has 0 radical (unpaired) electrons. The second kappa shape index (κ2) is 7.53. The van der Waals surface area contributed by atoms with Crippen molar-refractivity contribution in [2.24, 2.45) is 0 Å². The van der Waals surface area contributed by atoms with Crippen LogP contribution in [-0.4, -0.2) is 48.8 Å². The lowest BCUT2D eigenvalue weighted by atomic mass is 9.95. The molecule has 0 bridgehead atoms. The second-order valence-electron chi connectivity index (χ2n) is 6.67. The Morgan fingerprint density at radius 3 is 2.89 bits per heavy atom. The Labute approximate surface area is 157 Å². The van der Waals surface area contributed by atoms with Crippen molar-refractivity contribution in [1.82, 2.24) is 29.8 Å². The highest BCUT2D eigenvalue weighted by atomic mass is 16.2. The van der Waals surface area contributed by atoms with Crippen LogP contribution in [0, 0.1) is 6.92 Å². The van der Waals surface area contributed by atoms with Gasteiger partial charge in [-0.2, -0.15) is 0 Å². The summed E-state index contributed by atoms with van der Waals surface area (Å²) in [6, 6.07) is 5.78. The molecule has 1 unspecified atom stereocenters. The average Bonchev–Trinajstić information content (AvgIpc) is 3.23. The van der Waals surface area contributed by atoms with Crippen LogP contribution in [0.15, 0.2) is 43.1 Å². The minimum absolute atomic E-state index is 0.0195. The van der Waals surface area contributed by atoms with Crippen molar-refractivity contribution in [1.29, 1.82) is 0 Å². The summed E-state index contributed by atoms with van der Waals surface area (Å²) >= 11 is 0. The minimum atomic E-state index is -0.0195. The fourth-order valence-electron chi connectivity index (χ4n) is 3.30. The summed E-state index contributed by atoms with van der Waals surface area (Å²) in [6.45, 7) is 3.33. The number of hydrogen-bond donors (Lipinski definition) is 2. The Hall–Kier alpha value is -3.29. The summed E-state index contributed by atoms with van der Waals surface area (Å²) in [5, 5.41) is 3.16. The van der Waals surface area contributed by atoms with Gasteiger partial charge in [-0.15, -0.1) is 0 Å². The molecule has 1 atom stereocenters. The summed E-state index contributed by atoms with van der Waals surface area (Å²) in [6.07, 6.45) is 8.52. The van der Waals surface area contributed by atoms with E-state index in [0.717, 1.165) is 36.6 Å². The van der Waals surface area contributed by atoms with Crippen LogP contribution >= 0.6 is 0 Å². The summed E-state index contributed by atoms with van der Waals surface area (Å²) < 4.78 is 0. The van der Waals surface area contributed by atoms with Gasteiger partial charge in [0.2, 0.25) is 0 Å². The van der Waals surface area contributed by atoms with Crippen LogP contribution in [0.25, 0.3) is 0 Å². The molecule has 27 heavy (non-hydrogen) atoms. The van der Waals surface area contributed by atoms with Gasteiger partial charge in [0, 0.05) is 24.7 Å².